The van der Waals surface area contributed by atoms with Crippen molar-refractivity contribution in [1.29, 1.82) is 0 Å². The highest BCUT2D eigenvalue weighted by Gasteiger charge is 2.26. The van der Waals surface area contributed by atoms with Crippen LogP contribution in [0.15, 0.2) is 48.5 Å². The zero-order valence-corrected chi connectivity index (χ0v) is 25.6. The summed E-state index contributed by atoms with van der Waals surface area (Å²) in [7, 11) is 0. The van der Waals surface area contributed by atoms with Gasteiger partial charge in [0, 0.05) is 30.8 Å². The minimum Gasteiger partial charge on any atom is -0.494 e. The molecule has 0 bridgehead atoms. The Kier molecular flexibility index (Phi) is 14.7. The van der Waals surface area contributed by atoms with E-state index in [2.05, 4.69) is 0 Å². The van der Waals surface area contributed by atoms with Crippen LogP contribution in [0.3, 0.4) is 0 Å². The number of ketones is 2. The lowest BCUT2D eigenvalue weighted by molar-refractivity contribution is -0.00295. The fraction of sp³-hybridized carbons (Fsp3) is 0.562. The van der Waals surface area contributed by atoms with Crippen LogP contribution in [0.1, 0.15) is 61.3 Å². The molecule has 0 saturated carbocycles. The van der Waals surface area contributed by atoms with E-state index in [9.17, 15) is 35.1 Å². The Morgan fingerprint density at radius 3 is 1.67 bits per heavy atom. The third-order valence-electron chi connectivity index (χ3n) is 6.46. The summed E-state index contributed by atoms with van der Waals surface area (Å²) >= 11 is 0. The Hall–Kier alpha value is -2.90. The molecule has 240 valence electrons. The zero-order chi connectivity index (χ0) is 32.0. The highest BCUT2D eigenvalue weighted by molar-refractivity contribution is 6.02. The fourth-order valence-corrected chi connectivity index (χ4v) is 4.20. The molecule has 2 aromatic carbocycles. The van der Waals surface area contributed by atoms with E-state index in [4.69, 9.17) is 14.2 Å². The van der Waals surface area contributed by atoms with Crippen molar-refractivity contribution >= 4 is 11.6 Å². The molecule has 0 saturated heterocycles. The number of benzene rings is 2. The smallest absolute Gasteiger partial charge is 0.193 e. The number of carbonyl (C=O) groups is 2. The minimum absolute atomic E-state index is 0.0500. The summed E-state index contributed by atoms with van der Waals surface area (Å²) in [5, 5.41) is 49.9. The topological polar surface area (TPSA) is 166 Å². The van der Waals surface area contributed by atoms with E-state index in [1.807, 2.05) is 0 Å². The SMILES string of the molecule is CC(C)(O)C(=O)c1ccc(OCCCC(O)CN(CCO)CC(O)COCCOc2ccc(C(=O)C(C)(C)O)cc2)cc1. The van der Waals surface area contributed by atoms with Crippen molar-refractivity contribution < 1.29 is 49.3 Å². The molecule has 2 unspecified atom stereocenters. The number of Topliss-reactive ketones (excluding diaryl/α,β-unsaturated/α-hetero) is 2. The summed E-state index contributed by atoms with van der Waals surface area (Å²) in [5.41, 5.74) is -2.11. The largest absolute Gasteiger partial charge is 0.494 e. The molecular formula is C32H47NO10. The van der Waals surface area contributed by atoms with E-state index in [0.29, 0.717) is 42.1 Å². The van der Waals surface area contributed by atoms with Gasteiger partial charge in [-0.2, -0.15) is 0 Å². The average molecular weight is 606 g/mol. The highest BCUT2D eigenvalue weighted by atomic mass is 16.5. The first-order chi connectivity index (χ1) is 20.2. The fourth-order valence-electron chi connectivity index (χ4n) is 4.20. The molecule has 0 fully saturated rings. The van der Waals surface area contributed by atoms with Gasteiger partial charge >= 0.3 is 0 Å². The van der Waals surface area contributed by atoms with Gasteiger partial charge < -0.3 is 39.7 Å². The second-order valence-electron chi connectivity index (χ2n) is 11.5. The van der Waals surface area contributed by atoms with Crippen LogP contribution in [0.2, 0.25) is 0 Å². The highest BCUT2D eigenvalue weighted by Crippen LogP contribution is 2.18. The molecule has 0 aliphatic heterocycles. The van der Waals surface area contributed by atoms with Gasteiger partial charge in [0.2, 0.25) is 0 Å². The third kappa shape index (κ3) is 13.5. The Morgan fingerprint density at radius 1 is 0.744 bits per heavy atom. The van der Waals surface area contributed by atoms with Crippen LogP contribution < -0.4 is 9.47 Å². The van der Waals surface area contributed by atoms with Gasteiger partial charge in [0.1, 0.15) is 29.3 Å². The van der Waals surface area contributed by atoms with E-state index < -0.39 is 23.4 Å². The lowest BCUT2D eigenvalue weighted by atomic mass is 9.97. The summed E-state index contributed by atoms with van der Waals surface area (Å²) in [6.45, 7) is 7.25. The van der Waals surface area contributed by atoms with Gasteiger partial charge in [-0.1, -0.05) is 0 Å². The maximum Gasteiger partial charge on any atom is 0.193 e. The van der Waals surface area contributed by atoms with Crippen LogP contribution >= 0.6 is 0 Å². The molecule has 2 atom stereocenters. The molecule has 2 rings (SSSR count). The number of nitrogens with zero attached hydrogens (tertiary/aromatic N) is 1. The van der Waals surface area contributed by atoms with E-state index >= 15 is 0 Å². The summed E-state index contributed by atoms with van der Waals surface area (Å²) in [5.74, 6) is 0.369. The normalized spacial score (nSPS) is 13.5. The van der Waals surface area contributed by atoms with Gasteiger partial charge in [0.15, 0.2) is 11.6 Å². The number of hydrogen-bond donors (Lipinski definition) is 5. The summed E-state index contributed by atoms with van der Waals surface area (Å²) in [4.78, 5) is 26.0. The van der Waals surface area contributed by atoms with Crippen molar-refractivity contribution in [3.05, 3.63) is 59.7 Å². The monoisotopic (exact) mass is 605 g/mol. The number of aliphatic hydroxyl groups excluding tert-OH is 3. The van der Waals surface area contributed by atoms with E-state index in [1.165, 1.54) is 27.7 Å². The van der Waals surface area contributed by atoms with Crippen LogP contribution in [0.5, 0.6) is 11.5 Å². The molecule has 0 aromatic heterocycles. The van der Waals surface area contributed by atoms with Gasteiger partial charge in [-0.3, -0.25) is 14.5 Å². The first-order valence-electron chi connectivity index (χ1n) is 14.5. The molecule has 0 heterocycles. The van der Waals surface area contributed by atoms with Crippen molar-refractivity contribution in [3.63, 3.8) is 0 Å². The predicted octanol–water partition coefficient (Wildman–Crippen LogP) is 1.86. The van der Waals surface area contributed by atoms with E-state index in [1.54, 1.807) is 53.4 Å². The lowest BCUT2D eigenvalue weighted by Crippen LogP contribution is -2.41. The Bertz CT molecular complexity index is 1110. The molecule has 0 spiro atoms. The molecule has 2 aromatic rings. The number of aliphatic hydroxyl groups is 5. The van der Waals surface area contributed by atoms with E-state index in [-0.39, 0.29) is 57.6 Å². The van der Waals surface area contributed by atoms with Crippen LogP contribution in [0.25, 0.3) is 0 Å². The minimum atomic E-state index is -1.45. The predicted molar refractivity (Wildman–Crippen MR) is 161 cm³/mol. The third-order valence-corrected chi connectivity index (χ3v) is 6.46. The summed E-state index contributed by atoms with van der Waals surface area (Å²) < 4.78 is 16.8. The number of rotatable bonds is 21. The molecule has 43 heavy (non-hydrogen) atoms. The van der Waals surface area contributed by atoms with E-state index in [0.717, 1.165) is 0 Å². The molecule has 5 N–H and O–H groups in total. The first-order valence-corrected chi connectivity index (χ1v) is 14.5. The molecule has 0 radical (unpaired) electrons. The maximum absolute atomic E-state index is 12.1. The molecular weight excluding hydrogens is 558 g/mol. The zero-order valence-electron chi connectivity index (χ0n) is 25.6. The van der Waals surface area contributed by atoms with Crippen molar-refractivity contribution in [2.45, 2.75) is 63.9 Å². The molecule has 0 aliphatic rings. The Labute approximate surface area is 253 Å². The second kappa shape index (κ2) is 17.4. The van der Waals surface area contributed by atoms with Gasteiger partial charge in [-0.25, -0.2) is 0 Å². The maximum atomic E-state index is 12.1. The van der Waals surface area contributed by atoms with Crippen LogP contribution in [0, 0.1) is 0 Å². The van der Waals surface area contributed by atoms with Gasteiger partial charge in [0.25, 0.3) is 0 Å². The molecule has 11 heteroatoms. The Balaban J connectivity index is 1.64. The van der Waals surface area contributed by atoms with Gasteiger partial charge in [0.05, 0.1) is 38.6 Å². The standard InChI is InChI=1S/C32H47NO10/c1-31(2,39)29(37)23-7-11-27(12-8-23)42-17-5-6-25(35)20-33(15-16-34)21-26(36)22-41-18-19-43-28-13-9-24(10-14-28)30(38)32(3,4)40/h7-14,25-26,34-36,39-40H,5-6,15-22H2,1-4H3. The summed E-state index contributed by atoms with van der Waals surface area (Å²) in [6.07, 6.45) is -0.495. The first kappa shape index (κ1) is 36.3. The number of hydrogen-bond acceptors (Lipinski definition) is 11. The van der Waals surface area contributed by atoms with Gasteiger partial charge in [-0.15, -0.1) is 0 Å². The second-order valence-corrected chi connectivity index (χ2v) is 11.5. The molecule has 0 amide bonds. The summed E-state index contributed by atoms with van der Waals surface area (Å²) in [6, 6.07) is 13.0. The average Bonchev–Trinajstić information content (AvgIpc) is 2.94. The van der Waals surface area contributed by atoms with Crippen molar-refractivity contribution in [1.82, 2.24) is 4.90 Å². The molecule has 11 nitrogen and oxygen atoms in total. The number of ether oxygens (including phenoxy) is 3. The Morgan fingerprint density at radius 2 is 1.21 bits per heavy atom. The number of carbonyl (C=O) groups excluding carboxylic acids is 2. The van der Waals surface area contributed by atoms with Crippen LogP contribution in [-0.4, -0.2) is 118 Å². The van der Waals surface area contributed by atoms with Crippen molar-refractivity contribution in [3.8, 4) is 11.5 Å². The van der Waals surface area contributed by atoms with Crippen LogP contribution in [-0.2, 0) is 4.74 Å². The van der Waals surface area contributed by atoms with Crippen LogP contribution in [0.4, 0.5) is 0 Å². The quantitative estimate of drug-likeness (QED) is 0.104. The van der Waals surface area contributed by atoms with Gasteiger partial charge in [-0.05, 0) is 89.1 Å². The lowest BCUT2D eigenvalue weighted by Gasteiger charge is -2.26. The van der Waals surface area contributed by atoms with Crippen molar-refractivity contribution in [2.24, 2.45) is 0 Å². The van der Waals surface area contributed by atoms with Crippen molar-refractivity contribution in [2.75, 3.05) is 52.7 Å². The molecule has 0 aliphatic carbocycles.